The highest BCUT2D eigenvalue weighted by molar-refractivity contribution is 14.1. The zero-order valence-electron chi connectivity index (χ0n) is 9.28. The Balaban J connectivity index is 2.70. The monoisotopic (exact) mass is 336 g/mol. The van der Waals surface area contributed by atoms with Crippen molar-refractivity contribution in [3.8, 4) is 5.75 Å². The zero-order chi connectivity index (χ0) is 12.2. The number of pyridine rings is 1. The molecule has 0 aliphatic heterocycles. The van der Waals surface area contributed by atoms with Gasteiger partial charge in [-0.3, -0.25) is 10.3 Å². The zero-order valence-corrected chi connectivity index (χ0v) is 11.4. The number of halogens is 1. The van der Waals surface area contributed by atoms with Crippen LogP contribution in [0.1, 0.15) is 20.8 Å². The maximum Gasteiger partial charge on any atom is 0.412 e. The molecule has 1 heterocycles. The first kappa shape index (κ1) is 13.0. The van der Waals surface area contributed by atoms with E-state index >= 15 is 0 Å². The van der Waals surface area contributed by atoms with Crippen molar-refractivity contribution in [3.05, 3.63) is 18.5 Å². The first-order chi connectivity index (χ1) is 7.42. The standard InChI is InChI=1S/C10H13IN2O3/c1-10(2,3)15-9(14)13-7-4-5-12-6-8(7)16-11/h4-6H,1-3H3,(H,12,13,14). The molecule has 0 unspecified atom stereocenters. The second kappa shape index (κ2) is 5.33. The minimum Gasteiger partial charge on any atom is -0.444 e. The maximum atomic E-state index is 11.5. The molecule has 0 atom stereocenters. The number of rotatable bonds is 2. The summed E-state index contributed by atoms with van der Waals surface area (Å²) in [5, 5.41) is 2.59. The van der Waals surface area contributed by atoms with E-state index in [-0.39, 0.29) is 0 Å². The summed E-state index contributed by atoms with van der Waals surface area (Å²) >= 11 is 1.72. The Morgan fingerprint density at radius 1 is 1.50 bits per heavy atom. The Morgan fingerprint density at radius 2 is 2.19 bits per heavy atom. The number of ether oxygens (including phenoxy) is 1. The van der Waals surface area contributed by atoms with Crippen LogP contribution in [-0.4, -0.2) is 16.7 Å². The lowest BCUT2D eigenvalue weighted by Gasteiger charge is -2.19. The fourth-order valence-electron chi connectivity index (χ4n) is 0.958. The predicted molar refractivity (Wildman–Crippen MR) is 68.7 cm³/mol. The maximum absolute atomic E-state index is 11.5. The van der Waals surface area contributed by atoms with Crippen LogP contribution in [-0.2, 0) is 4.74 Å². The largest absolute Gasteiger partial charge is 0.444 e. The van der Waals surface area contributed by atoms with Crippen LogP contribution in [0.5, 0.6) is 5.75 Å². The molecule has 0 fully saturated rings. The quantitative estimate of drug-likeness (QED) is 0.843. The summed E-state index contributed by atoms with van der Waals surface area (Å²) in [5.74, 6) is 0.481. The summed E-state index contributed by atoms with van der Waals surface area (Å²) in [4.78, 5) is 15.4. The van der Waals surface area contributed by atoms with Gasteiger partial charge in [-0.15, -0.1) is 0 Å². The van der Waals surface area contributed by atoms with E-state index in [9.17, 15) is 4.79 Å². The van der Waals surface area contributed by atoms with E-state index in [4.69, 9.17) is 7.80 Å². The molecule has 0 saturated heterocycles. The molecule has 0 aliphatic carbocycles. The lowest BCUT2D eigenvalue weighted by molar-refractivity contribution is 0.0635. The molecule has 1 rings (SSSR count). The molecule has 1 N–H and O–H groups in total. The third-order valence-corrected chi connectivity index (χ3v) is 1.98. The Morgan fingerprint density at radius 3 is 2.75 bits per heavy atom. The second-order valence-electron chi connectivity index (χ2n) is 4.08. The first-order valence-electron chi connectivity index (χ1n) is 4.65. The molecule has 1 aromatic heterocycles. The Hall–Kier alpha value is -1.05. The Labute approximate surface area is 108 Å². The summed E-state index contributed by atoms with van der Waals surface area (Å²) in [7, 11) is 0. The minimum atomic E-state index is -0.525. The third-order valence-electron chi connectivity index (χ3n) is 1.50. The number of hydrogen-bond acceptors (Lipinski definition) is 4. The smallest absolute Gasteiger partial charge is 0.412 e. The van der Waals surface area contributed by atoms with E-state index in [1.54, 1.807) is 56.0 Å². The number of nitrogens with zero attached hydrogens (tertiary/aromatic N) is 1. The molecule has 6 heteroatoms. The number of hydrogen-bond donors (Lipinski definition) is 1. The van der Waals surface area contributed by atoms with Crippen molar-refractivity contribution in [1.82, 2.24) is 4.98 Å². The molecule has 88 valence electrons. The van der Waals surface area contributed by atoms with Gasteiger partial charge < -0.3 is 7.80 Å². The van der Waals surface area contributed by atoms with Crippen LogP contribution < -0.4 is 8.38 Å². The van der Waals surface area contributed by atoms with Crippen molar-refractivity contribution >= 4 is 34.8 Å². The fourth-order valence-corrected chi connectivity index (χ4v) is 1.31. The van der Waals surface area contributed by atoms with Crippen LogP contribution in [0, 0.1) is 0 Å². The molecule has 0 aromatic carbocycles. The predicted octanol–water partition coefficient (Wildman–Crippen LogP) is 3.16. The Kier molecular flexibility index (Phi) is 4.34. The lowest BCUT2D eigenvalue weighted by atomic mass is 10.2. The molecule has 0 aliphatic rings. The molecule has 5 nitrogen and oxygen atoms in total. The number of nitrogens with one attached hydrogen (secondary N) is 1. The molecule has 16 heavy (non-hydrogen) atoms. The van der Waals surface area contributed by atoms with Gasteiger partial charge in [0.2, 0.25) is 0 Å². The van der Waals surface area contributed by atoms with E-state index in [0.717, 1.165) is 0 Å². The molecule has 1 amide bonds. The van der Waals surface area contributed by atoms with Crippen LogP contribution in [0.3, 0.4) is 0 Å². The van der Waals surface area contributed by atoms with Crippen LogP contribution in [0.2, 0.25) is 0 Å². The second-order valence-corrected chi connectivity index (χ2v) is 4.52. The number of carbonyl (C=O) groups is 1. The van der Waals surface area contributed by atoms with Gasteiger partial charge >= 0.3 is 6.09 Å². The van der Waals surface area contributed by atoms with E-state index in [1.807, 2.05) is 0 Å². The minimum absolute atomic E-state index is 0.481. The fraction of sp³-hybridized carbons (Fsp3) is 0.400. The number of anilines is 1. The van der Waals surface area contributed by atoms with E-state index in [0.29, 0.717) is 11.4 Å². The van der Waals surface area contributed by atoms with E-state index < -0.39 is 11.7 Å². The highest BCUT2D eigenvalue weighted by Gasteiger charge is 2.17. The van der Waals surface area contributed by atoms with Gasteiger partial charge in [-0.05, 0) is 26.8 Å². The van der Waals surface area contributed by atoms with Gasteiger partial charge in [-0.25, -0.2) is 4.79 Å². The summed E-state index contributed by atoms with van der Waals surface area (Å²) in [6.07, 6.45) is 2.55. The van der Waals surface area contributed by atoms with Gasteiger partial charge in [0.25, 0.3) is 0 Å². The normalized spacial score (nSPS) is 10.8. The number of amides is 1. The summed E-state index contributed by atoms with van der Waals surface area (Å²) < 4.78 is 10.1. The summed E-state index contributed by atoms with van der Waals surface area (Å²) in [6.45, 7) is 5.40. The average molecular weight is 336 g/mol. The highest BCUT2D eigenvalue weighted by atomic mass is 127. The molecule has 0 spiro atoms. The average Bonchev–Trinajstić information content (AvgIpc) is 2.15. The first-order valence-corrected chi connectivity index (χ1v) is 5.53. The molecule has 0 radical (unpaired) electrons. The van der Waals surface area contributed by atoms with Crippen LogP contribution in [0.4, 0.5) is 10.5 Å². The van der Waals surface area contributed by atoms with E-state index in [2.05, 4.69) is 10.3 Å². The van der Waals surface area contributed by atoms with Crippen LogP contribution in [0.15, 0.2) is 18.5 Å². The Bertz CT molecular complexity index is 377. The van der Waals surface area contributed by atoms with Gasteiger partial charge in [-0.2, -0.15) is 0 Å². The lowest BCUT2D eigenvalue weighted by Crippen LogP contribution is -2.27. The van der Waals surface area contributed by atoms with Crippen molar-refractivity contribution in [2.75, 3.05) is 5.32 Å². The SMILES string of the molecule is CC(C)(C)OC(=O)Nc1ccncc1OI. The van der Waals surface area contributed by atoms with Crippen molar-refractivity contribution in [3.63, 3.8) is 0 Å². The van der Waals surface area contributed by atoms with Crippen LogP contribution in [0.25, 0.3) is 0 Å². The van der Waals surface area contributed by atoms with Crippen molar-refractivity contribution in [1.29, 1.82) is 0 Å². The summed E-state index contributed by atoms with van der Waals surface area (Å²) in [5.41, 5.74) is 0.00119. The number of carbonyl (C=O) groups excluding carboxylic acids is 1. The summed E-state index contributed by atoms with van der Waals surface area (Å²) in [6, 6.07) is 1.64. The van der Waals surface area contributed by atoms with Gasteiger partial charge in [0, 0.05) is 6.20 Å². The van der Waals surface area contributed by atoms with Gasteiger partial charge in [0.05, 0.1) is 11.9 Å². The third kappa shape index (κ3) is 4.21. The van der Waals surface area contributed by atoms with Crippen molar-refractivity contribution in [2.24, 2.45) is 0 Å². The molecule has 0 bridgehead atoms. The van der Waals surface area contributed by atoms with Gasteiger partial charge in [0.15, 0.2) is 28.8 Å². The molecular weight excluding hydrogens is 323 g/mol. The highest BCUT2D eigenvalue weighted by Crippen LogP contribution is 2.24. The molecule has 0 saturated carbocycles. The topological polar surface area (TPSA) is 60.5 Å². The van der Waals surface area contributed by atoms with Gasteiger partial charge in [-0.1, -0.05) is 0 Å². The van der Waals surface area contributed by atoms with Crippen molar-refractivity contribution < 1.29 is 12.6 Å². The van der Waals surface area contributed by atoms with Crippen LogP contribution >= 0.6 is 23.0 Å². The van der Waals surface area contributed by atoms with Crippen molar-refractivity contribution in [2.45, 2.75) is 26.4 Å². The molecular formula is C10H13IN2O3. The van der Waals surface area contributed by atoms with Gasteiger partial charge in [0.1, 0.15) is 5.60 Å². The van der Waals surface area contributed by atoms with E-state index in [1.165, 1.54) is 6.20 Å². The molecule has 1 aromatic rings. The number of aromatic nitrogens is 1.